The Morgan fingerprint density at radius 2 is 1.95 bits per heavy atom. The molecule has 0 radical (unpaired) electrons. The van der Waals surface area contributed by atoms with Crippen LogP contribution in [0.2, 0.25) is 0 Å². The molecular formula is C17H34N2. The van der Waals surface area contributed by atoms with E-state index in [0.717, 1.165) is 24.0 Å². The molecule has 0 spiro atoms. The normalized spacial score (nSPS) is 32.4. The van der Waals surface area contributed by atoms with Crippen molar-refractivity contribution in [2.24, 2.45) is 5.92 Å². The van der Waals surface area contributed by atoms with Crippen molar-refractivity contribution in [3.63, 3.8) is 0 Å². The fourth-order valence-corrected chi connectivity index (χ4v) is 4.07. The summed E-state index contributed by atoms with van der Waals surface area (Å²) in [4.78, 5) is 2.89. The van der Waals surface area contributed by atoms with Gasteiger partial charge in [-0.3, -0.25) is 4.90 Å². The summed E-state index contributed by atoms with van der Waals surface area (Å²) in [5.41, 5.74) is 0. The van der Waals surface area contributed by atoms with Crippen molar-refractivity contribution in [3.8, 4) is 0 Å². The third-order valence-corrected chi connectivity index (χ3v) is 5.47. The summed E-state index contributed by atoms with van der Waals surface area (Å²) in [6.45, 7) is 9.74. The predicted molar refractivity (Wildman–Crippen MR) is 83.5 cm³/mol. The fourth-order valence-electron chi connectivity index (χ4n) is 4.07. The molecule has 19 heavy (non-hydrogen) atoms. The molecule has 4 unspecified atom stereocenters. The Hall–Kier alpha value is -0.0800. The van der Waals surface area contributed by atoms with Crippen molar-refractivity contribution >= 4 is 0 Å². The number of rotatable bonds is 6. The highest BCUT2D eigenvalue weighted by atomic mass is 15.2. The zero-order chi connectivity index (χ0) is 13.7. The van der Waals surface area contributed by atoms with Gasteiger partial charge in [0, 0.05) is 18.1 Å². The fraction of sp³-hybridized carbons (Fsp3) is 1.00. The van der Waals surface area contributed by atoms with Crippen molar-refractivity contribution in [1.82, 2.24) is 10.2 Å². The Bertz CT molecular complexity index is 248. The molecule has 2 saturated heterocycles. The molecule has 2 aliphatic heterocycles. The third-order valence-electron chi connectivity index (χ3n) is 5.47. The minimum Gasteiger partial charge on any atom is -0.312 e. The first-order valence-electron chi connectivity index (χ1n) is 8.75. The van der Waals surface area contributed by atoms with Crippen LogP contribution >= 0.6 is 0 Å². The smallest absolute Gasteiger partial charge is 0.0252 e. The predicted octanol–water partition coefficient (Wildman–Crippen LogP) is 3.81. The minimum absolute atomic E-state index is 0.784. The van der Waals surface area contributed by atoms with Crippen molar-refractivity contribution < 1.29 is 0 Å². The summed E-state index contributed by atoms with van der Waals surface area (Å²) < 4.78 is 0. The molecular weight excluding hydrogens is 232 g/mol. The highest BCUT2D eigenvalue weighted by Gasteiger charge is 2.34. The van der Waals surface area contributed by atoms with Gasteiger partial charge in [0.15, 0.2) is 0 Å². The molecule has 1 N–H and O–H groups in total. The molecule has 2 aliphatic rings. The molecule has 2 heteroatoms. The van der Waals surface area contributed by atoms with Crippen molar-refractivity contribution in [2.45, 2.75) is 90.3 Å². The topological polar surface area (TPSA) is 15.3 Å². The van der Waals surface area contributed by atoms with Crippen LogP contribution in [0.25, 0.3) is 0 Å². The van der Waals surface area contributed by atoms with E-state index >= 15 is 0 Å². The maximum Gasteiger partial charge on any atom is 0.0252 e. The van der Waals surface area contributed by atoms with E-state index in [0.29, 0.717) is 0 Å². The van der Waals surface area contributed by atoms with E-state index in [9.17, 15) is 0 Å². The van der Waals surface area contributed by atoms with Crippen LogP contribution in [0.3, 0.4) is 0 Å². The summed E-state index contributed by atoms with van der Waals surface area (Å²) in [5.74, 6) is 0.879. The van der Waals surface area contributed by atoms with Crippen LogP contribution in [0, 0.1) is 5.92 Å². The van der Waals surface area contributed by atoms with Crippen LogP contribution in [0.5, 0.6) is 0 Å². The number of piperidine rings is 1. The number of likely N-dealkylation sites (tertiary alicyclic amines) is 1. The zero-order valence-electron chi connectivity index (χ0n) is 13.3. The van der Waals surface area contributed by atoms with Gasteiger partial charge in [-0.25, -0.2) is 0 Å². The Morgan fingerprint density at radius 3 is 2.58 bits per heavy atom. The average molecular weight is 266 g/mol. The summed E-state index contributed by atoms with van der Waals surface area (Å²) >= 11 is 0. The van der Waals surface area contributed by atoms with E-state index in [2.05, 4.69) is 31.0 Å². The quantitative estimate of drug-likeness (QED) is 0.786. The second-order valence-corrected chi connectivity index (χ2v) is 6.81. The van der Waals surface area contributed by atoms with Crippen LogP contribution in [-0.4, -0.2) is 36.1 Å². The summed E-state index contributed by atoms with van der Waals surface area (Å²) in [6, 6.07) is 2.43. The van der Waals surface area contributed by atoms with Gasteiger partial charge in [-0.05, 0) is 57.5 Å². The van der Waals surface area contributed by atoms with Crippen LogP contribution in [-0.2, 0) is 0 Å². The molecule has 0 aliphatic carbocycles. The maximum absolute atomic E-state index is 3.76. The molecule has 0 aromatic rings. The summed E-state index contributed by atoms with van der Waals surface area (Å²) in [5, 5.41) is 3.76. The standard InChI is InChI=1S/C17H34N2/c1-4-14(3)13-15(5-2)19-12-7-6-10-17(19)16-9-8-11-18-16/h14-18H,4-13H2,1-3H3. The van der Waals surface area contributed by atoms with Crippen LogP contribution in [0.4, 0.5) is 0 Å². The first-order chi connectivity index (χ1) is 9.26. The van der Waals surface area contributed by atoms with Gasteiger partial charge in [0.2, 0.25) is 0 Å². The lowest BCUT2D eigenvalue weighted by molar-refractivity contribution is 0.0592. The monoisotopic (exact) mass is 266 g/mol. The SMILES string of the molecule is CCC(C)CC(CC)N1CCCCC1C1CCCN1. The Labute approximate surface area is 120 Å². The zero-order valence-corrected chi connectivity index (χ0v) is 13.3. The molecule has 4 atom stereocenters. The average Bonchev–Trinajstić information content (AvgIpc) is 2.98. The maximum atomic E-state index is 3.76. The molecule has 112 valence electrons. The van der Waals surface area contributed by atoms with Crippen LogP contribution < -0.4 is 5.32 Å². The van der Waals surface area contributed by atoms with E-state index in [1.54, 1.807) is 0 Å². The highest BCUT2D eigenvalue weighted by molar-refractivity contribution is 4.93. The third kappa shape index (κ3) is 3.95. The summed E-state index contributed by atoms with van der Waals surface area (Å²) in [7, 11) is 0. The lowest BCUT2D eigenvalue weighted by Crippen LogP contribution is -2.54. The number of nitrogens with zero attached hydrogens (tertiary/aromatic N) is 1. The van der Waals surface area contributed by atoms with Gasteiger partial charge in [-0.15, -0.1) is 0 Å². The van der Waals surface area contributed by atoms with E-state index < -0.39 is 0 Å². The van der Waals surface area contributed by atoms with Gasteiger partial charge in [0.05, 0.1) is 0 Å². The molecule has 0 bridgehead atoms. The Balaban J connectivity index is 1.99. The second-order valence-electron chi connectivity index (χ2n) is 6.81. The number of nitrogens with one attached hydrogen (secondary N) is 1. The van der Waals surface area contributed by atoms with Gasteiger partial charge in [0.1, 0.15) is 0 Å². The Morgan fingerprint density at radius 1 is 1.11 bits per heavy atom. The van der Waals surface area contributed by atoms with Crippen molar-refractivity contribution in [3.05, 3.63) is 0 Å². The Kier molecular flexibility index (Phi) is 6.15. The molecule has 0 amide bonds. The van der Waals surface area contributed by atoms with Gasteiger partial charge in [-0.2, -0.15) is 0 Å². The van der Waals surface area contributed by atoms with Crippen molar-refractivity contribution in [2.75, 3.05) is 13.1 Å². The molecule has 0 aromatic heterocycles. The van der Waals surface area contributed by atoms with E-state index in [1.807, 2.05) is 0 Å². The van der Waals surface area contributed by atoms with Gasteiger partial charge >= 0.3 is 0 Å². The number of hydrogen-bond acceptors (Lipinski definition) is 2. The van der Waals surface area contributed by atoms with Gasteiger partial charge < -0.3 is 5.32 Å². The molecule has 2 nitrogen and oxygen atoms in total. The molecule has 0 saturated carbocycles. The number of hydrogen-bond donors (Lipinski definition) is 1. The first kappa shape index (κ1) is 15.3. The van der Waals surface area contributed by atoms with E-state index in [1.165, 1.54) is 64.5 Å². The van der Waals surface area contributed by atoms with E-state index in [4.69, 9.17) is 0 Å². The molecule has 0 aromatic carbocycles. The van der Waals surface area contributed by atoms with Gasteiger partial charge in [0.25, 0.3) is 0 Å². The molecule has 2 heterocycles. The largest absolute Gasteiger partial charge is 0.312 e. The van der Waals surface area contributed by atoms with Crippen LogP contribution in [0.15, 0.2) is 0 Å². The van der Waals surface area contributed by atoms with Crippen LogP contribution in [0.1, 0.15) is 72.1 Å². The van der Waals surface area contributed by atoms with Gasteiger partial charge in [-0.1, -0.05) is 33.6 Å². The lowest BCUT2D eigenvalue weighted by atomic mass is 9.89. The van der Waals surface area contributed by atoms with Crippen molar-refractivity contribution in [1.29, 1.82) is 0 Å². The van der Waals surface area contributed by atoms with E-state index in [-0.39, 0.29) is 0 Å². The first-order valence-corrected chi connectivity index (χ1v) is 8.75. The highest BCUT2D eigenvalue weighted by Crippen LogP contribution is 2.29. The minimum atomic E-state index is 0.784. The molecule has 2 rings (SSSR count). The molecule has 2 fully saturated rings. The summed E-state index contributed by atoms with van der Waals surface area (Å²) in [6.07, 6.45) is 11.1. The lowest BCUT2D eigenvalue weighted by Gasteiger charge is -2.44. The second kappa shape index (κ2) is 7.64.